The van der Waals surface area contributed by atoms with Crippen LogP contribution in [-0.4, -0.2) is 34.4 Å². The molecule has 1 N–H and O–H groups in total. The van der Waals surface area contributed by atoms with E-state index in [9.17, 15) is 9.59 Å². The zero-order chi connectivity index (χ0) is 22.2. The summed E-state index contributed by atoms with van der Waals surface area (Å²) in [6.07, 6.45) is 8.97. The Morgan fingerprint density at radius 2 is 1.59 bits per heavy atom. The number of aromatic nitrogens is 1. The fraction of sp³-hybridized carbons (Fsp3) is 0.407. The van der Waals surface area contributed by atoms with E-state index in [2.05, 4.69) is 28.2 Å². The van der Waals surface area contributed by atoms with Crippen molar-refractivity contribution in [2.75, 3.05) is 7.05 Å². The van der Waals surface area contributed by atoms with Gasteiger partial charge in [-0.3, -0.25) is 9.59 Å². The fourth-order valence-corrected chi connectivity index (χ4v) is 5.67. The summed E-state index contributed by atoms with van der Waals surface area (Å²) in [7, 11) is 3.85. The van der Waals surface area contributed by atoms with E-state index in [1.165, 1.54) is 12.8 Å². The van der Waals surface area contributed by atoms with E-state index in [0.717, 1.165) is 47.7 Å². The van der Waals surface area contributed by atoms with Gasteiger partial charge in [0, 0.05) is 48.4 Å². The van der Waals surface area contributed by atoms with E-state index in [1.54, 1.807) is 4.90 Å². The number of rotatable bonds is 3. The first-order chi connectivity index (χ1) is 15.6. The molecule has 3 aromatic rings. The number of para-hydroxylation sites is 1. The van der Waals surface area contributed by atoms with Crippen molar-refractivity contribution in [1.29, 1.82) is 0 Å². The van der Waals surface area contributed by atoms with Crippen molar-refractivity contribution in [3.63, 3.8) is 0 Å². The maximum absolute atomic E-state index is 13.9. The Bertz CT molecular complexity index is 1160. The van der Waals surface area contributed by atoms with Gasteiger partial charge in [0.05, 0.1) is 12.0 Å². The Labute approximate surface area is 189 Å². The second-order valence-electron chi connectivity index (χ2n) is 9.34. The Morgan fingerprint density at radius 3 is 2.38 bits per heavy atom. The summed E-state index contributed by atoms with van der Waals surface area (Å²) < 4.78 is 2.09. The highest BCUT2D eigenvalue weighted by Gasteiger charge is 2.44. The summed E-state index contributed by atoms with van der Waals surface area (Å²) in [5, 5.41) is 4.46. The third kappa shape index (κ3) is 3.50. The summed E-state index contributed by atoms with van der Waals surface area (Å²) in [5.41, 5.74) is 3.59. The highest BCUT2D eigenvalue weighted by molar-refractivity contribution is 6.02. The van der Waals surface area contributed by atoms with Gasteiger partial charge in [-0.25, -0.2) is 0 Å². The van der Waals surface area contributed by atoms with Gasteiger partial charge >= 0.3 is 0 Å². The van der Waals surface area contributed by atoms with Crippen LogP contribution in [-0.2, 0) is 11.8 Å². The standard InChI is InChI=1S/C27H31N3O2/c1-29-17-22(19-13-9-10-16-23(19)29)25-24(26(31)28-18-11-5-3-4-6-12-18)20-14-7-8-15-21(20)27(32)30(25)2/h7-10,13-18,24-25H,3-6,11-12H2,1-2H3,(H,28,31)/t24-,25+/m1/s1. The molecule has 0 unspecified atom stereocenters. The Hall–Kier alpha value is -3.08. The topological polar surface area (TPSA) is 54.3 Å². The predicted octanol–water partition coefficient (Wildman–Crippen LogP) is 4.93. The molecule has 5 nitrogen and oxygen atoms in total. The first-order valence-corrected chi connectivity index (χ1v) is 11.8. The minimum atomic E-state index is -0.442. The van der Waals surface area contributed by atoms with E-state index in [1.807, 2.05) is 50.5 Å². The quantitative estimate of drug-likeness (QED) is 0.601. The van der Waals surface area contributed by atoms with Gasteiger partial charge in [-0.2, -0.15) is 0 Å². The molecule has 32 heavy (non-hydrogen) atoms. The number of hydrogen-bond acceptors (Lipinski definition) is 2. The number of benzene rings is 2. The number of hydrogen-bond donors (Lipinski definition) is 1. The number of nitrogens with one attached hydrogen (secondary N) is 1. The lowest BCUT2D eigenvalue weighted by molar-refractivity contribution is -0.124. The number of carbonyl (C=O) groups excluding carboxylic acids is 2. The van der Waals surface area contributed by atoms with Crippen molar-refractivity contribution in [2.45, 2.75) is 56.5 Å². The molecule has 0 radical (unpaired) electrons. The molecule has 0 bridgehead atoms. The molecule has 2 aliphatic rings. The normalized spacial score (nSPS) is 21.9. The van der Waals surface area contributed by atoms with Crippen LogP contribution in [0.5, 0.6) is 0 Å². The van der Waals surface area contributed by atoms with Crippen molar-refractivity contribution < 1.29 is 9.59 Å². The van der Waals surface area contributed by atoms with Crippen LogP contribution in [0.15, 0.2) is 54.7 Å². The highest BCUT2D eigenvalue weighted by atomic mass is 16.2. The van der Waals surface area contributed by atoms with Crippen LogP contribution in [0.4, 0.5) is 0 Å². The molecule has 1 aliphatic heterocycles. The largest absolute Gasteiger partial charge is 0.353 e. The first-order valence-electron chi connectivity index (χ1n) is 11.8. The minimum Gasteiger partial charge on any atom is -0.353 e. The van der Waals surface area contributed by atoms with E-state index in [4.69, 9.17) is 0 Å². The lowest BCUT2D eigenvalue weighted by atomic mass is 9.79. The summed E-state index contributed by atoms with van der Waals surface area (Å²) in [5.74, 6) is -0.443. The van der Waals surface area contributed by atoms with Crippen LogP contribution in [0.3, 0.4) is 0 Å². The van der Waals surface area contributed by atoms with Crippen LogP contribution in [0.25, 0.3) is 10.9 Å². The maximum Gasteiger partial charge on any atom is 0.254 e. The van der Waals surface area contributed by atoms with Crippen molar-refractivity contribution in [2.24, 2.45) is 7.05 Å². The third-order valence-electron chi connectivity index (χ3n) is 7.31. The molecule has 1 fully saturated rings. The second kappa shape index (κ2) is 8.45. The van der Waals surface area contributed by atoms with Gasteiger partial charge in [0.2, 0.25) is 5.91 Å². The Morgan fingerprint density at radius 1 is 0.906 bits per heavy atom. The molecular weight excluding hydrogens is 398 g/mol. The van der Waals surface area contributed by atoms with Crippen LogP contribution in [0.2, 0.25) is 0 Å². The van der Waals surface area contributed by atoms with E-state index in [0.29, 0.717) is 5.56 Å². The zero-order valence-corrected chi connectivity index (χ0v) is 18.9. The average Bonchev–Trinajstić information content (AvgIpc) is 2.96. The van der Waals surface area contributed by atoms with Crippen LogP contribution < -0.4 is 5.32 Å². The monoisotopic (exact) mass is 429 g/mol. The summed E-state index contributed by atoms with van der Waals surface area (Å²) in [6.45, 7) is 0. The lowest BCUT2D eigenvalue weighted by Crippen LogP contribution is -2.47. The average molecular weight is 430 g/mol. The number of nitrogens with zero attached hydrogens (tertiary/aromatic N) is 2. The minimum absolute atomic E-state index is 0.0293. The molecule has 2 atom stereocenters. The summed E-state index contributed by atoms with van der Waals surface area (Å²) >= 11 is 0. The molecule has 0 saturated heterocycles. The number of aryl methyl sites for hydroxylation is 1. The summed E-state index contributed by atoms with van der Waals surface area (Å²) in [6, 6.07) is 15.7. The molecule has 2 aromatic carbocycles. The Balaban J connectivity index is 1.61. The van der Waals surface area contributed by atoms with Crippen molar-refractivity contribution in [3.8, 4) is 0 Å². The smallest absolute Gasteiger partial charge is 0.254 e. The molecule has 2 heterocycles. The molecule has 5 heteroatoms. The SMILES string of the molecule is CN1C(=O)c2ccccc2[C@@H](C(=O)NC2CCCCCC2)[C@@H]1c1cn(C)c2ccccc12. The molecule has 166 valence electrons. The molecule has 0 spiro atoms. The van der Waals surface area contributed by atoms with Gasteiger partial charge in [0.25, 0.3) is 5.91 Å². The molecule has 1 saturated carbocycles. The van der Waals surface area contributed by atoms with Gasteiger partial charge in [-0.05, 0) is 30.5 Å². The molecule has 1 aromatic heterocycles. The van der Waals surface area contributed by atoms with E-state index in [-0.39, 0.29) is 23.9 Å². The van der Waals surface area contributed by atoms with Gasteiger partial charge in [-0.1, -0.05) is 62.1 Å². The summed E-state index contributed by atoms with van der Waals surface area (Å²) in [4.78, 5) is 29.0. The van der Waals surface area contributed by atoms with E-state index < -0.39 is 5.92 Å². The van der Waals surface area contributed by atoms with Crippen molar-refractivity contribution in [3.05, 3.63) is 71.4 Å². The van der Waals surface area contributed by atoms with Crippen molar-refractivity contribution >= 4 is 22.7 Å². The molecule has 1 aliphatic carbocycles. The zero-order valence-electron chi connectivity index (χ0n) is 18.9. The van der Waals surface area contributed by atoms with Gasteiger partial charge in [0.15, 0.2) is 0 Å². The lowest BCUT2D eigenvalue weighted by Gasteiger charge is -2.40. The number of amides is 2. The van der Waals surface area contributed by atoms with Crippen molar-refractivity contribution in [1.82, 2.24) is 14.8 Å². The molecule has 5 rings (SSSR count). The Kier molecular flexibility index (Phi) is 5.50. The number of likely N-dealkylation sites (N-methyl/N-ethyl adjacent to an activating group) is 1. The van der Waals surface area contributed by atoms with Crippen LogP contribution in [0.1, 0.15) is 72.0 Å². The first kappa shape index (κ1) is 20.8. The molecular formula is C27H31N3O2. The van der Waals surface area contributed by atoms with Gasteiger partial charge in [-0.15, -0.1) is 0 Å². The highest BCUT2D eigenvalue weighted by Crippen LogP contribution is 2.44. The number of fused-ring (bicyclic) bond motifs is 2. The van der Waals surface area contributed by atoms with E-state index >= 15 is 0 Å². The van der Waals surface area contributed by atoms with Gasteiger partial charge in [0.1, 0.15) is 0 Å². The molecule has 2 amide bonds. The maximum atomic E-state index is 13.9. The third-order valence-corrected chi connectivity index (χ3v) is 7.31. The fourth-order valence-electron chi connectivity index (χ4n) is 5.67. The second-order valence-corrected chi connectivity index (χ2v) is 9.34. The number of carbonyl (C=O) groups is 2. The van der Waals surface area contributed by atoms with Gasteiger partial charge < -0.3 is 14.8 Å². The van der Waals surface area contributed by atoms with Crippen LogP contribution >= 0.6 is 0 Å². The predicted molar refractivity (Wildman–Crippen MR) is 127 cm³/mol. The van der Waals surface area contributed by atoms with Crippen LogP contribution in [0, 0.1) is 0 Å².